The Kier molecular flexibility index (Phi) is 3.01. The molecule has 0 aliphatic heterocycles. The molecule has 16 heavy (non-hydrogen) atoms. The number of hydrogen-bond donors (Lipinski definition) is 1. The summed E-state index contributed by atoms with van der Waals surface area (Å²) in [5.74, 6) is 0.139. The lowest BCUT2D eigenvalue weighted by Gasteiger charge is -2.01. The summed E-state index contributed by atoms with van der Waals surface area (Å²) in [7, 11) is 0. The van der Waals surface area contributed by atoms with Crippen molar-refractivity contribution in [3.8, 4) is 5.75 Å². The minimum Gasteiger partial charge on any atom is -0.507 e. The lowest BCUT2D eigenvalue weighted by Crippen LogP contribution is -1.98. The van der Waals surface area contributed by atoms with Crippen LogP contribution in [0.1, 0.15) is 0 Å². The quantitative estimate of drug-likeness (QED) is 0.803. The Bertz CT molecular complexity index is 512. The summed E-state index contributed by atoms with van der Waals surface area (Å²) < 4.78 is 0.592. The number of aromatic hydroxyl groups is 1. The van der Waals surface area contributed by atoms with Crippen LogP contribution in [0.3, 0.4) is 0 Å². The minimum absolute atomic E-state index is 0.0363. The van der Waals surface area contributed by atoms with E-state index < -0.39 is 0 Å². The van der Waals surface area contributed by atoms with Crippen molar-refractivity contribution in [1.29, 1.82) is 0 Å². The van der Waals surface area contributed by atoms with Crippen molar-refractivity contribution in [3.05, 3.63) is 47.0 Å². The molecule has 1 aliphatic rings. The molecule has 1 aromatic rings. The summed E-state index contributed by atoms with van der Waals surface area (Å²) in [6, 6.07) is 4.97. The summed E-state index contributed by atoms with van der Waals surface area (Å²) >= 11 is 3.21. The molecule has 0 spiro atoms. The van der Waals surface area contributed by atoms with Crippen molar-refractivity contribution in [3.63, 3.8) is 0 Å². The predicted molar refractivity (Wildman–Crippen MR) is 66.2 cm³/mol. The molecule has 1 aliphatic carbocycles. The third kappa shape index (κ3) is 2.46. The largest absolute Gasteiger partial charge is 0.507 e. The SMILES string of the molecule is O=C1C=CC(=Nc2ccc(O)c(Br)c2)C=C1. The number of benzene rings is 1. The van der Waals surface area contributed by atoms with Gasteiger partial charge in [0, 0.05) is 0 Å². The maximum absolute atomic E-state index is 10.9. The molecule has 0 saturated heterocycles. The van der Waals surface area contributed by atoms with Gasteiger partial charge >= 0.3 is 0 Å². The van der Waals surface area contributed by atoms with Crippen LogP contribution in [0.4, 0.5) is 5.69 Å². The van der Waals surface area contributed by atoms with Crippen LogP contribution in [0.2, 0.25) is 0 Å². The van der Waals surface area contributed by atoms with Crippen LogP contribution in [0.25, 0.3) is 0 Å². The Morgan fingerprint density at radius 2 is 1.81 bits per heavy atom. The van der Waals surface area contributed by atoms with Crippen molar-refractivity contribution in [2.45, 2.75) is 0 Å². The zero-order valence-corrected chi connectivity index (χ0v) is 9.81. The van der Waals surface area contributed by atoms with Crippen molar-refractivity contribution < 1.29 is 9.90 Å². The Hall–Kier alpha value is -1.68. The highest BCUT2D eigenvalue weighted by Gasteiger charge is 2.02. The van der Waals surface area contributed by atoms with Crippen LogP contribution >= 0.6 is 15.9 Å². The first kappa shape index (κ1) is 10.8. The summed E-state index contributed by atoms with van der Waals surface area (Å²) in [5.41, 5.74) is 1.42. The Morgan fingerprint density at radius 1 is 1.12 bits per heavy atom. The molecule has 2 rings (SSSR count). The van der Waals surface area contributed by atoms with Gasteiger partial charge in [0.05, 0.1) is 15.9 Å². The molecule has 0 atom stereocenters. The first-order valence-corrected chi connectivity index (χ1v) is 5.42. The van der Waals surface area contributed by atoms with E-state index in [2.05, 4.69) is 20.9 Å². The van der Waals surface area contributed by atoms with Crippen molar-refractivity contribution in [2.75, 3.05) is 0 Å². The standard InChI is InChI=1S/C12H8BrNO2/c13-11-7-9(3-6-12(11)16)14-8-1-4-10(15)5-2-8/h1-7,16H. The van der Waals surface area contributed by atoms with Crippen LogP contribution < -0.4 is 0 Å². The third-order valence-corrected chi connectivity index (χ3v) is 2.66. The molecule has 0 fully saturated rings. The smallest absolute Gasteiger partial charge is 0.178 e. The molecule has 0 radical (unpaired) electrons. The zero-order valence-electron chi connectivity index (χ0n) is 8.22. The first-order chi connectivity index (χ1) is 7.65. The highest BCUT2D eigenvalue weighted by atomic mass is 79.9. The number of carbonyl (C=O) groups is 1. The summed E-state index contributed by atoms with van der Waals surface area (Å²) in [4.78, 5) is 15.2. The van der Waals surface area contributed by atoms with Crippen LogP contribution in [0, 0.1) is 0 Å². The fourth-order valence-electron chi connectivity index (χ4n) is 1.24. The Labute approximate surface area is 101 Å². The average molecular weight is 278 g/mol. The van der Waals surface area contributed by atoms with Crippen molar-refractivity contribution >= 4 is 33.1 Å². The van der Waals surface area contributed by atoms with Crippen LogP contribution in [-0.2, 0) is 4.79 Å². The third-order valence-electron chi connectivity index (χ3n) is 2.03. The van der Waals surface area contributed by atoms with E-state index in [1.54, 1.807) is 30.4 Å². The molecule has 0 amide bonds. The molecule has 4 heteroatoms. The maximum Gasteiger partial charge on any atom is 0.178 e. The van der Waals surface area contributed by atoms with E-state index in [1.807, 2.05) is 0 Å². The molecule has 0 saturated carbocycles. The van der Waals surface area contributed by atoms with E-state index >= 15 is 0 Å². The number of phenols is 1. The van der Waals surface area contributed by atoms with E-state index in [0.717, 1.165) is 0 Å². The van der Waals surface area contributed by atoms with Crippen LogP contribution in [0.15, 0.2) is 52.0 Å². The van der Waals surface area contributed by atoms with Gasteiger partial charge in [0.1, 0.15) is 5.75 Å². The lowest BCUT2D eigenvalue weighted by atomic mass is 10.1. The number of ketones is 1. The monoisotopic (exact) mass is 277 g/mol. The number of aliphatic imine (C=N–C) groups is 1. The van der Waals surface area contributed by atoms with Gasteiger partial charge in [-0.3, -0.25) is 4.79 Å². The molecule has 3 nitrogen and oxygen atoms in total. The lowest BCUT2D eigenvalue weighted by molar-refractivity contribution is -0.110. The van der Waals surface area contributed by atoms with Gasteiger partial charge in [0.15, 0.2) is 5.78 Å². The Morgan fingerprint density at radius 3 is 2.44 bits per heavy atom. The number of carbonyl (C=O) groups excluding carboxylic acids is 1. The van der Waals surface area contributed by atoms with Crippen molar-refractivity contribution in [2.24, 2.45) is 4.99 Å². The maximum atomic E-state index is 10.9. The van der Waals surface area contributed by atoms with Gasteiger partial charge in [-0.2, -0.15) is 0 Å². The van der Waals surface area contributed by atoms with E-state index in [1.165, 1.54) is 12.2 Å². The molecule has 0 unspecified atom stereocenters. The molecular formula is C12H8BrNO2. The molecule has 80 valence electrons. The van der Waals surface area contributed by atoms with Crippen LogP contribution in [0.5, 0.6) is 5.75 Å². The Balaban J connectivity index is 2.30. The van der Waals surface area contributed by atoms with Gasteiger partial charge in [-0.05, 0) is 58.4 Å². The predicted octanol–water partition coefficient (Wildman–Crippen LogP) is 2.92. The summed E-state index contributed by atoms with van der Waals surface area (Å²) in [6.45, 7) is 0. The highest BCUT2D eigenvalue weighted by molar-refractivity contribution is 9.10. The second-order valence-electron chi connectivity index (χ2n) is 3.24. The zero-order chi connectivity index (χ0) is 11.5. The normalized spacial score (nSPS) is 14.3. The van der Waals surface area contributed by atoms with Gasteiger partial charge in [-0.15, -0.1) is 0 Å². The molecule has 0 bridgehead atoms. The van der Waals surface area contributed by atoms with E-state index in [0.29, 0.717) is 15.9 Å². The highest BCUT2D eigenvalue weighted by Crippen LogP contribution is 2.28. The molecule has 0 heterocycles. The van der Waals surface area contributed by atoms with Gasteiger partial charge in [-0.1, -0.05) is 0 Å². The van der Waals surface area contributed by atoms with E-state index in [9.17, 15) is 9.90 Å². The molecular weight excluding hydrogens is 270 g/mol. The van der Waals surface area contributed by atoms with E-state index in [4.69, 9.17) is 0 Å². The number of phenolic OH excluding ortho intramolecular Hbond substituents is 1. The van der Waals surface area contributed by atoms with Crippen molar-refractivity contribution in [1.82, 2.24) is 0 Å². The fraction of sp³-hybridized carbons (Fsp3) is 0. The van der Waals surface area contributed by atoms with E-state index in [-0.39, 0.29) is 11.5 Å². The molecule has 1 N–H and O–H groups in total. The first-order valence-electron chi connectivity index (χ1n) is 4.62. The fourth-order valence-corrected chi connectivity index (χ4v) is 1.60. The number of hydrogen-bond acceptors (Lipinski definition) is 3. The molecule has 1 aromatic carbocycles. The number of halogens is 1. The minimum atomic E-state index is -0.0363. The average Bonchev–Trinajstić information content (AvgIpc) is 2.27. The second-order valence-corrected chi connectivity index (χ2v) is 4.10. The topological polar surface area (TPSA) is 49.7 Å². The summed E-state index contributed by atoms with van der Waals surface area (Å²) in [6.07, 6.45) is 6.24. The molecule has 0 aromatic heterocycles. The van der Waals surface area contributed by atoms with Gasteiger partial charge < -0.3 is 5.11 Å². The number of nitrogens with zero attached hydrogens (tertiary/aromatic N) is 1. The van der Waals surface area contributed by atoms with Gasteiger partial charge in [-0.25, -0.2) is 4.99 Å². The number of allylic oxidation sites excluding steroid dienone is 4. The summed E-state index contributed by atoms with van der Waals surface area (Å²) in [5, 5.41) is 9.32. The second kappa shape index (κ2) is 4.45. The van der Waals surface area contributed by atoms with Crippen LogP contribution in [-0.4, -0.2) is 16.6 Å². The van der Waals surface area contributed by atoms with Gasteiger partial charge in [0.2, 0.25) is 0 Å². The number of rotatable bonds is 1. The van der Waals surface area contributed by atoms with Gasteiger partial charge in [0.25, 0.3) is 0 Å².